The molecule has 0 saturated carbocycles. The molecule has 0 spiro atoms. The number of amides is 1. The third-order valence-electron chi connectivity index (χ3n) is 13.0. The molecule has 1 unspecified atom stereocenters. The summed E-state index contributed by atoms with van der Waals surface area (Å²) >= 11 is 0. The molecule has 17 heteroatoms. The van der Waals surface area contributed by atoms with E-state index in [1.165, 1.54) is 23.8 Å². The summed E-state index contributed by atoms with van der Waals surface area (Å²) in [5.41, 5.74) is 4.55. The highest BCUT2D eigenvalue weighted by molar-refractivity contribution is 7.52. The van der Waals surface area contributed by atoms with Crippen LogP contribution in [-0.4, -0.2) is 105 Å². The first-order chi connectivity index (χ1) is 35.7. The highest BCUT2D eigenvalue weighted by Gasteiger charge is 2.52. The number of carbonyl (C=O) groups is 1. The van der Waals surface area contributed by atoms with E-state index in [0.717, 1.165) is 16.7 Å². The monoisotopic (exact) mass is 1020 g/mol. The number of carbonyl (C=O) groups excluding carboxylic acids is 1. The van der Waals surface area contributed by atoms with E-state index < -0.39 is 47.3 Å². The summed E-state index contributed by atoms with van der Waals surface area (Å²) in [5.74, 6) is 1.12. The molecule has 73 heavy (non-hydrogen) atoms. The van der Waals surface area contributed by atoms with Gasteiger partial charge in [0.05, 0.1) is 40.4 Å². The Morgan fingerprint density at radius 2 is 1.29 bits per heavy atom. The van der Waals surface area contributed by atoms with Crippen molar-refractivity contribution in [1.29, 1.82) is 0 Å². The number of methoxy groups -OCH3 is 3. The summed E-state index contributed by atoms with van der Waals surface area (Å²) in [6.07, 6.45) is -1.54. The maximum absolute atomic E-state index is 14.8. The molecule has 2 N–H and O–H groups in total. The van der Waals surface area contributed by atoms with Crippen LogP contribution in [-0.2, 0) is 33.6 Å². The number of nitrogens with zero attached hydrogens (tertiary/aromatic N) is 4. The van der Waals surface area contributed by atoms with Gasteiger partial charge in [-0.2, -0.15) is 0 Å². The van der Waals surface area contributed by atoms with Gasteiger partial charge in [0, 0.05) is 28.4 Å². The second-order valence-electron chi connectivity index (χ2n) is 17.5. The van der Waals surface area contributed by atoms with Crippen molar-refractivity contribution in [3.63, 3.8) is 0 Å². The molecule has 0 bridgehead atoms. The quantitative estimate of drug-likeness (QED) is 0.0269. The third-order valence-corrected chi connectivity index (χ3v) is 17.4. The summed E-state index contributed by atoms with van der Waals surface area (Å²) in [4.78, 5) is 39.1. The number of ether oxygens (including phenoxy) is 6. The first-order valence-electron chi connectivity index (χ1n) is 24.1. The van der Waals surface area contributed by atoms with E-state index in [4.69, 9.17) is 32.9 Å². The molecular formula is C56H58N5O10PSi. The lowest BCUT2D eigenvalue weighted by molar-refractivity contribution is -0.0966. The van der Waals surface area contributed by atoms with Gasteiger partial charge in [-0.3, -0.25) is 18.5 Å². The number of imidazole rings is 1. The predicted molar refractivity (Wildman–Crippen MR) is 281 cm³/mol. The number of nitrogens with one attached hydrogen (secondary N) is 1. The third kappa shape index (κ3) is 11.7. The Kier molecular flexibility index (Phi) is 16.6. The Balaban J connectivity index is 1.10. The van der Waals surface area contributed by atoms with Gasteiger partial charge in [0.1, 0.15) is 41.7 Å². The minimum atomic E-state index is -4.39. The van der Waals surface area contributed by atoms with Gasteiger partial charge < -0.3 is 38.6 Å². The molecule has 1 saturated heterocycles. The standard InChI is InChI=1S/C56H58N5O10PSi/c1-65-32-33-68-50-49(71-72(63,64)34-35-73-51(39-16-8-4-9-17-39)40-18-10-5-11-19-40)47(70-55(50)61-38-59-48-52(57-37-58-53(48)61)60-54(62)41-20-12-6-13-21-41)36-69-56(42-22-14-7-15-23-42,43-24-28-45(66-2)29-25-43)44-26-30-46(67-3)31-27-44/h4-31,37-38,47,49-51,55H,32-36,73H2,1-3H3,(H,63,64)(H,57,58,60,62)/t47-,49-,50-,55-/m1/s1. The van der Waals surface area contributed by atoms with Crippen molar-refractivity contribution in [2.45, 2.75) is 41.7 Å². The molecule has 3 heterocycles. The van der Waals surface area contributed by atoms with E-state index in [9.17, 15) is 14.3 Å². The summed E-state index contributed by atoms with van der Waals surface area (Å²) in [6, 6.07) is 54.9. The second kappa shape index (κ2) is 23.8. The van der Waals surface area contributed by atoms with Gasteiger partial charge >= 0.3 is 7.60 Å². The molecule has 1 amide bonds. The van der Waals surface area contributed by atoms with Crippen LogP contribution in [0.25, 0.3) is 11.2 Å². The van der Waals surface area contributed by atoms with Gasteiger partial charge in [-0.1, -0.05) is 140 Å². The van der Waals surface area contributed by atoms with Crippen molar-refractivity contribution in [3.8, 4) is 11.5 Å². The zero-order valence-electron chi connectivity index (χ0n) is 40.8. The molecule has 0 radical (unpaired) electrons. The van der Waals surface area contributed by atoms with Crippen molar-refractivity contribution in [1.82, 2.24) is 19.5 Å². The Bertz CT molecular complexity index is 2980. The van der Waals surface area contributed by atoms with Gasteiger partial charge in [-0.15, -0.1) is 0 Å². The van der Waals surface area contributed by atoms with Crippen LogP contribution in [0.15, 0.2) is 183 Å². The van der Waals surface area contributed by atoms with Crippen molar-refractivity contribution < 1.29 is 47.2 Å². The molecule has 1 aliphatic heterocycles. The molecule has 2 aromatic heterocycles. The topological polar surface area (TPSA) is 175 Å². The Morgan fingerprint density at radius 3 is 1.86 bits per heavy atom. The summed E-state index contributed by atoms with van der Waals surface area (Å²) < 4.78 is 60.7. The molecule has 6 aromatic carbocycles. The molecule has 0 aliphatic carbocycles. The summed E-state index contributed by atoms with van der Waals surface area (Å²) in [6.45, 7) is 0.115. The number of benzene rings is 6. The summed E-state index contributed by atoms with van der Waals surface area (Å²) in [5, 5.41) is 2.87. The van der Waals surface area contributed by atoms with E-state index in [2.05, 4.69) is 44.5 Å². The molecule has 9 rings (SSSR count). The number of hydrogen-bond donors (Lipinski definition) is 2. The van der Waals surface area contributed by atoms with Gasteiger partial charge in [-0.25, -0.2) is 15.0 Å². The Morgan fingerprint density at radius 1 is 0.726 bits per heavy atom. The fourth-order valence-electron chi connectivity index (χ4n) is 9.45. The van der Waals surface area contributed by atoms with Crippen LogP contribution in [0.1, 0.15) is 49.9 Å². The van der Waals surface area contributed by atoms with Crippen molar-refractivity contribution in [2.24, 2.45) is 0 Å². The van der Waals surface area contributed by atoms with E-state index in [-0.39, 0.29) is 48.8 Å². The maximum Gasteiger partial charge on any atom is 0.328 e. The van der Waals surface area contributed by atoms with E-state index >= 15 is 0 Å². The fourth-order valence-corrected chi connectivity index (χ4v) is 14.1. The molecule has 8 aromatic rings. The highest BCUT2D eigenvalue weighted by atomic mass is 31.2. The van der Waals surface area contributed by atoms with Crippen molar-refractivity contribution >= 4 is 40.0 Å². The molecule has 1 fully saturated rings. The molecule has 1 aliphatic rings. The Labute approximate surface area is 426 Å². The average Bonchev–Trinajstić information content (AvgIpc) is 4.02. The predicted octanol–water partition coefficient (Wildman–Crippen LogP) is 8.98. The average molecular weight is 1020 g/mol. The lowest BCUT2D eigenvalue weighted by Gasteiger charge is -2.37. The summed E-state index contributed by atoms with van der Waals surface area (Å²) in [7, 11) is -0.644. The van der Waals surface area contributed by atoms with Crippen LogP contribution >= 0.6 is 7.60 Å². The van der Waals surface area contributed by atoms with Crippen LogP contribution in [0, 0.1) is 0 Å². The van der Waals surface area contributed by atoms with Crippen LogP contribution < -0.4 is 14.8 Å². The molecule has 15 nitrogen and oxygen atoms in total. The van der Waals surface area contributed by atoms with Crippen molar-refractivity contribution in [2.75, 3.05) is 52.6 Å². The lowest BCUT2D eigenvalue weighted by atomic mass is 9.80. The number of hydrogen-bond acceptors (Lipinski definition) is 12. The number of rotatable bonds is 23. The van der Waals surface area contributed by atoms with Crippen molar-refractivity contribution in [3.05, 3.63) is 216 Å². The normalized spacial score (nSPS) is 17.8. The first kappa shape index (κ1) is 51.1. The van der Waals surface area contributed by atoms with Crippen LogP contribution in [0.2, 0.25) is 6.04 Å². The lowest BCUT2D eigenvalue weighted by Crippen LogP contribution is -2.41. The van der Waals surface area contributed by atoms with Crippen LogP contribution in [0.5, 0.6) is 11.5 Å². The fraction of sp³-hybridized carbons (Fsp3) is 0.250. The van der Waals surface area contributed by atoms with Crippen LogP contribution in [0.3, 0.4) is 0 Å². The maximum atomic E-state index is 14.8. The molecular weight excluding hydrogens is 962 g/mol. The second-order valence-corrected chi connectivity index (χ2v) is 21.6. The van der Waals surface area contributed by atoms with E-state index in [1.54, 1.807) is 50.2 Å². The largest absolute Gasteiger partial charge is 0.497 e. The zero-order chi connectivity index (χ0) is 50.6. The SMILES string of the molecule is COCCO[C@@H]1[C@H](OP(=O)(O)CC[SiH2]C(c2ccccc2)c2ccccc2)[C@@H](COC(c2ccccc2)(c2ccc(OC)cc2)c2ccc(OC)cc2)O[C@H]1n1cnc2c(NC(=O)c3ccccc3)ncnc21. The number of fused-ring (bicyclic) bond motifs is 1. The first-order valence-corrected chi connectivity index (χ1v) is 27.7. The van der Waals surface area contributed by atoms with Gasteiger partial charge in [0.2, 0.25) is 0 Å². The Hall–Kier alpha value is -6.85. The van der Waals surface area contributed by atoms with Gasteiger partial charge in [0.25, 0.3) is 5.91 Å². The van der Waals surface area contributed by atoms with Crippen LogP contribution in [0.4, 0.5) is 5.82 Å². The van der Waals surface area contributed by atoms with E-state index in [1.807, 2.05) is 121 Å². The van der Waals surface area contributed by atoms with Gasteiger partial charge in [-0.05, 0) is 69.8 Å². The smallest absolute Gasteiger partial charge is 0.328 e. The number of anilines is 1. The van der Waals surface area contributed by atoms with E-state index in [0.29, 0.717) is 28.8 Å². The highest BCUT2D eigenvalue weighted by Crippen LogP contribution is 2.50. The zero-order valence-corrected chi connectivity index (χ0v) is 43.1. The molecule has 5 atom stereocenters. The van der Waals surface area contributed by atoms with Gasteiger partial charge in [0.15, 0.2) is 23.2 Å². The minimum Gasteiger partial charge on any atom is -0.497 e. The minimum absolute atomic E-state index is 0.0819. The number of aromatic nitrogens is 4. The molecule has 376 valence electrons.